The minimum atomic E-state index is -0.404. The maximum Gasteiger partial charge on any atom is 0.323 e. The Bertz CT molecular complexity index is 1460. The van der Waals surface area contributed by atoms with Crippen LogP contribution >= 0.6 is 0 Å². The predicted molar refractivity (Wildman–Crippen MR) is 156 cm³/mol. The Kier molecular flexibility index (Phi) is 8.07. The van der Waals surface area contributed by atoms with E-state index < -0.39 is 6.03 Å². The Labute approximate surface area is 228 Å². The Morgan fingerprint density at radius 2 is 1.56 bits per heavy atom. The number of hydrogen-bond acceptors (Lipinski definition) is 4. The number of nitrogens with zero attached hydrogens (tertiary/aromatic N) is 1. The van der Waals surface area contributed by atoms with Gasteiger partial charge in [0.1, 0.15) is 5.75 Å². The lowest BCUT2D eigenvalue weighted by molar-refractivity contribution is 0.0954. The van der Waals surface area contributed by atoms with Gasteiger partial charge in [-0.1, -0.05) is 60.7 Å². The number of benzene rings is 4. The van der Waals surface area contributed by atoms with Crippen LogP contribution in [0.2, 0.25) is 0 Å². The minimum Gasteiger partial charge on any atom is -0.497 e. The van der Waals surface area contributed by atoms with E-state index in [9.17, 15) is 9.59 Å². The van der Waals surface area contributed by atoms with E-state index in [1.807, 2.05) is 54.6 Å². The third-order valence-corrected chi connectivity index (χ3v) is 6.84. The molecular formula is C32H32N4O3. The molecule has 0 fully saturated rings. The average molecular weight is 521 g/mol. The third kappa shape index (κ3) is 6.57. The average Bonchev–Trinajstić information content (AvgIpc) is 2.97. The van der Waals surface area contributed by atoms with Crippen LogP contribution in [0.5, 0.6) is 5.75 Å². The van der Waals surface area contributed by atoms with Gasteiger partial charge in [-0.25, -0.2) is 4.79 Å². The molecule has 4 aromatic carbocycles. The zero-order valence-electron chi connectivity index (χ0n) is 21.9. The van der Waals surface area contributed by atoms with Crippen molar-refractivity contribution >= 4 is 29.0 Å². The van der Waals surface area contributed by atoms with Crippen LogP contribution < -0.4 is 25.6 Å². The normalized spacial score (nSPS) is 12.3. The van der Waals surface area contributed by atoms with E-state index in [0.29, 0.717) is 29.2 Å². The molecule has 1 aliphatic rings. The summed E-state index contributed by atoms with van der Waals surface area (Å²) >= 11 is 0. The van der Waals surface area contributed by atoms with Gasteiger partial charge in [0.05, 0.1) is 12.7 Å². The van der Waals surface area contributed by atoms with Crippen LogP contribution in [0.15, 0.2) is 97.1 Å². The highest BCUT2D eigenvalue weighted by molar-refractivity contribution is 6.04. The molecule has 1 heterocycles. The molecule has 0 bridgehead atoms. The van der Waals surface area contributed by atoms with Crippen molar-refractivity contribution in [3.63, 3.8) is 0 Å². The highest BCUT2D eigenvalue weighted by Crippen LogP contribution is 2.30. The largest absolute Gasteiger partial charge is 0.497 e. The summed E-state index contributed by atoms with van der Waals surface area (Å²) in [6, 6.07) is 30.7. The number of urea groups is 1. The lowest BCUT2D eigenvalue weighted by Crippen LogP contribution is -2.33. The smallest absolute Gasteiger partial charge is 0.323 e. The molecular weight excluding hydrogens is 488 g/mol. The molecule has 4 aromatic rings. The van der Waals surface area contributed by atoms with E-state index in [0.717, 1.165) is 37.2 Å². The summed E-state index contributed by atoms with van der Waals surface area (Å²) in [4.78, 5) is 28.4. The van der Waals surface area contributed by atoms with Gasteiger partial charge in [-0.15, -0.1) is 0 Å². The molecule has 0 atom stereocenters. The lowest BCUT2D eigenvalue weighted by Gasteiger charge is -2.32. The fourth-order valence-corrected chi connectivity index (χ4v) is 4.83. The number of ether oxygens (including phenoxy) is 1. The zero-order valence-corrected chi connectivity index (χ0v) is 21.9. The van der Waals surface area contributed by atoms with E-state index in [1.54, 1.807) is 31.4 Å². The van der Waals surface area contributed by atoms with Crippen molar-refractivity contribution in [2.24, 2.45) is 0 Å². The summed E-state index contributed by atoms with van der Waals surface area (Å²) in [7, 11) is 1.58. The van der Waals surface area contributed by atoms with Gasteiger partial charge >= 0.3 is 6.03 Å². The number of fused-ring (bicyclic) bond motifs is 1. The summed E-state index contributed by atoms with van der Waals surface area (Å²) in [6.45, 7) is 2.05. The number of anilines is 3. The standard InChI is InChI=1S/C32H32N4O3/c1-39-28-13-7-12-26(20-28)34-32(38)35-27-14-15-30(36-19-17-24-10-5-6-11-25(24)22-36)29(21-27)31(37)33-18-16-23-8-3-2-4-9-23/h2-15,20-21H,16-19,22H2,1H3,(H,33,37)(H2,34,35,38). The molecule has 7 nitrogen and oxygen atoms in total. The third-order valence-electron chi connectivity index (χ3n) is 6.84. The summed E-state index contributed by atoms with van der Waals surface area (Å²) in [5.41, 5.74) is 6.28. The molecule has 0 aromatic heterocycles. The molecule has 0 spiro atoms. The molecule has 3 N–H and O–H groups in total. The van der Waals surface area contributed by atoms with Crippen molar-refractivity contribution in [2.75, 3.05) is 35.7 Å². The van der Waals surface area contributed by atoms with Crippen LogP contribution in [0, 0.1) is 0 Å². The summed E-state index contributed by atoms with van der Waals surface area (Å²) in [5.74, 6) is 0.478. The number of carbonyl (C=O) groups excluding carboxylic acids is 2. The first kappa shape index (κ1) is 25.9. The highest BCUT2D eigenvalue weighted by atomic mass is 16.5. The number of methoxy groups -OCH3 is 1. The maximum absolute atomic E-state index is 13.5. The quantitative estimate of drug-likeness (QED) is 0.271. The van der Waals surface area contributed by atoms with E-state index in [4.69, 9.17) is 4.74 Å². The van der Waals surface area contributed by atoms with E-state index >= 15 is 0 Å². The fraction of sp³-hybridized carbons (Fsp3) is 0.188. The minimum absolute atomic E-state index is 0.170. The van der Waals surface area contributed by atoms with Gasteiger partial charge in [0.15, 0.2) is 0 Å². The number of hydrogen-bond donors (Lipinski definition) is 3. The van der Waals surface area contributed by atoms with E-state index in [-0.39, 0.29) is 5.91 Å². The van der Waals surface area contributed by atoms with Gasteiger partial charge in [-0.2, -0.15) is 0 Å². The Morgan fingerprint density at radius 3 is 2.36 bits per heavy atom. The first-order valence-electron chi connectivity index (χ1n) is 13.1. The van der Waals surface area contributed by atoms with Gasteiger partial charge in [-0.3, -0.25) is 4.79 Å². The molecule has 1 aliphatic heterocycles. The SMILES string of the molecule is COc1cccc(NC(=O)Nc2ccc(N3CCc4ccccc4C3)c(C(=O)NCCc3ccccc3)c2)c1. The van der Waals surface area contributed by atoms with E-state index in [1.165, 1.54) is 11.1 Å². The Morgan fingerprint density at radius 1 is 0.821 bits per heavy atom. The second kappa shape index (κ2) is 12.2. The topological polar surface area (TPSA) is 82.7 Å². The number of nitrogens with one attached hydrogen (secondary N) is 3. The van der Waals surface area contributed by atoms with Gasteiger partial charge in [0.2, 0.25) is 0 Å². The molecule has 5 rings (SSSR count). The molecule has 3 amide bonds. The molecule has 198 valence electrons. The number of amides is 3. The summed E-state index contributed by atoms with van der Waals surface area (Å²) in [6.07, 6.45) is 1.65. The molecule has 0 unspecified atom stereocenters. The first-order chi connectivity index (χ1) is 19.1. The highest BCUT2D eigenvalue weighted by Gasteiger charge is 2.22. The van der Waals surface area contributed by atoms with Gasteiger partial charge in [0.25, 0.3) is 5.91 Å². The fourth-order valence-electron chi connectivity index (χ4n) is 4.83. The van der Waals surface area contributed by atoms with Gasteiger partial charge < -0.3 is 25.6 Å². The molecule has 0 radical (unpaired) electrons. The molecule has 0 saturated heterocycles. The van der Waals surface area contributed by atoms with Crippen molar-refractivity contribution in [1.29, 1.82) is 0 Å². The van der Waals surface area contributed by atoms with Crippen molar-refractivity contribution < 1.29 is 14.3 Å². The van der Waals surface area contributed by atoms with Gasteiger partial charge in [-0.05, 0) is 59.9 Å². The molecule has 0 saturated carbocycles. The maximum atomic E-state index is 13.5. The summed E-state index contributed by atoms with van der Waals surface area (Å²) < 4.78 is 5.23. The van der Waals surface area contributed by atoms with E-state index in [2.05, 4.69) is 39.0 Å². The van der Waals surface area contributed by atoms with Gasteiger partial charge in [0, 0.05) is 42.8 Å². The Balaban J connectivity index is 1.34. The predicted octanol–water partition coefficient (Wildman–Crippen LogP) is 5.87. The summed E-state index contributed by atoms with van der Waals surface area (Å²) in [5, 5.41) is 8.75. The van der Waals surface area contributed by atoms with Crippen molar-refractivity contribution in [3.8, 4) is 5.75 Å². The molecule has 7 heteroatoms. The monoisotopic (exact) mass is 520 g/mol. The van der Waals surface area contributed by atoms with Crippen molar-refractivity contribution in [2.45, 2.75) is 19.4 Å². The lowest BCUT2D eigenvalue weighted by atomic mass is 9.98. The van der Waals surface area contributed by atoms with Crippen LogP contribution in [-0.2, 0) is 19.4 Å². The Hall–Kier alpha value is -4.78. The molecule has 39 heavy (non-hydrogen) atoms. The van der Waals surface area contributed by atoms with Crippen LogP contribution in [0.25, 0.3) is 0 Å². The van der Waals surface area contributed by atoms with Crippen LogP contribution in [0.4, 0.5) is 21.9 Å². The number of carbonyl (C=O) groups is 2. The first-order valence-corrected chi connectivity index (χ1v) is 13.1. The second-order valence-corrected chi connectivity index (χ2v) is 9.47. The van der Waals surface area contributed by atoms with Crippen LogP contribution in [0.1, 0.15) is 27.0 Å². The van der Waals surface area contributed by atoms with Crippen molar-refractivity contribution in [1.82, 2.24) is 5.32 Å². The van der Waals surface area contributed by atoms with Crippen molar-refractivity contribution in [3.05, 3.63) is 119 Å². The second-order valence-electron chi connectivity index (χ2n) is 9.47. The van der Waals surface area contributed by atoms with Crippen LogP contribution in [0.3, 0.4) is 0 Å². The van der Waals surface area contributed by atoms with Crippen LogP contribution in [-0.4, -0.2) is 32.1 Å². The molecule has 0 aliphatic carbocycles. The zero-order chi connectivity index (χ0) is 27.0. The number of rotatable bonds is 8.